The Bertz CT molecular complexity index is 207. The first-order valence-corrected chi connectivity index (χ1v) is 9.43. The van der Waals surface area contributed by atoms with Crippen molar-refractivity contribution in [2.24, 2.45) is 0 Å². The van der Waals surface area contributed by atoms with Gasteiger partial charge in [0.25, 0.3) is 14.1 Å². The van der Waals surface area contributed by atoms with Crippen molar-refractivity contribution in [3.8, 4) is 0 Å². The number of allylic oxidation sites excluding steroid dienone is 8. The summed E-state index contributed by atoms with van der Waals surface area (Å²) in [7, 11) is 0. The first kappa shape index (κ1) is 16.5. The van der Waals surface area contributed by atoms with Gasteiger partial charge in [0.1, 0.15) is 0 Å². The maximum Gasteiger partial charge on any atom is 0.261 e. The van der Waals surface area contributed by atoms with Crippen LogP contribution in [0.3, 0.4) is 0 Å². The molecule has 94 valence electrons. The Morgan fingerprint density at radius 3 is 1.00 bits per heavy atom. The van der Waals surface area contributed by atoms with Crippen molar-refractivity contribution in [3.05, 3.63) is 48.6 Å². The molecule has 0 N–H and O–H groups in total. The van der Waals surface area contributed by atoms with Gasteiger partial charge in [0.15, 0.2) is 0 Å². The highest BCUT2D eigenvalue weighted by Gasteiger charge is 2.05. The van der Waals surface area contributed by atoms with E-state index in [1.807, 2.05) is 0 Å². The summed E-state index contributed by atoms with van der Waals surface area (Å²) < 4.78 is 0. The van der Waals surface area contributed by atoms with Crippen molar-refractivity contribution < 1.29 is 0 Å². The Morgan fingerprint density at radius 2 is 0.941 bits per heavy atom. The summed E-state index contributed by atoms with van der Waals surface area (Å²) in [6.07, 6.45) is 19.0. The minimum Gasteiger partial charge on any atom is -0.0967 e. The lowest BCUT2D eigenvalue weighted by Gasteiger charge is -1.97. The molecule has 0 aliphatic heterocycles. The molecule has 2 rings (SSSR count). The second-order valence-electron chi connectivity index (χ2n) is 4.27. The van der Waals surface area contributed by atoms with Crippen LogP contribution in [-0.4, -0.2) is 14.1 Å². The Labute approximate surface area is 112 Å². The zero-order chi connectivity index (χ0) is 12.8. The summed E-state index contributed by atoms with van der Waals surface area (Å²) in [6.45, 7) is 6.97. The molecule has 17 heavy (non-hydrogen) atoms. The number of hydrogen-bond donors (Lipinski definition) is 0. The predicted molar refractivity (Wildman–Crippen MR) is 83.0 cm³/mol. The molecule has 2 aliphatic rings. The van der Waals surface area contributed by atoms with Gasteiger partial charge >= 0.3 is 0 Å². The molecule has 0 amide bonds. The molecule has 0 saturated heterocycles. The molecule has 0 aromatic heterocycles. The van der Waals surface area contributed by atoms with Gasteiger partial charge in [-0.05, 0) is 12.8 Å². The summed E-state index contributed by atoms with van der Waals surface area (Å²) >= 11 is -0.171. The molecular formula is C16H27Al. The molecule has 0 unspecified atom stereocenters. The zero-order valence-electron chi connectivity index (χ0n) is 11.7. The topological polar surface area (TPSA) is 0 Å². The quantitative estimate of drug-likeness (QED) is 0.573. The molecule has 0 spiro atoms. The van der Waals surface area contributed by atoms with Gasteiger partial charge in [-0.3, -0.25) is 0 Å². The normalized spacial score (nSPS) is 14.1. The lowest BCUT2D eigenvalue weighted by molar-refractivity contribution is 1.24. The van der Waals surface area contributed by atoms with E-state index in [4.69, 9.17) is 0 Å². The standard InChI is InChI=1S/2C5H6.3C2H5.Al/c2*1-2-4-5-3-1;3*1-2;/h2*1-4H,5H2;3*1H2,2H3;. The minimum absolute atomic E-state index is 0.171. The van der Waals surface area contributed by atoms with Crippen LogP contribution in [0.25, 0.3) is 0 Å². The van der Waals surface area contributed by atoms with E-state index in [9.17, 15) is 0 Å². The summed E-state index contributed by atoms with van der Waals surface area (Å²) in [6, 6.07) is 0. The van der Waals surface area contributed by atoms with Gasteiger partial charge in [-0.1, -0.05) is 85.2 Å². The van der Waals surface area contributed by atoms with Crippen molar-refractivity contribution in [3.63, 3.8) is 0 Å². The monoisotopic (exact) mass is 246 g/mol. The molecule has 0 atom stereocenters. The van der Waals surface area contributed by atoms with Crippen LogP contribution < -0.4 is 0 Å². The fraction of sp³-hybridized carbons (Fsp3) is 0.500. The molecule has 0 aromatic carbocycles. The Morgan fingerprint density at radius 1 is 0.647 bits per heavy atom. The predicted octanol–water partition coefficient (Wildman–Crippen LogP) is 5.55. The van der Waals surface area contributed by atoms with Gasteiger partial charge < -0.3 is 0 Å². The lowest BCUT2D eigenvalue weighted by atomic mass is 10.5. The van der Waals surface area contributed by atoms with E-state index < -0.39 is 0 Å². The average molecular weight is 246 g/mol. The maximum atomic E-state index is 2.32. The van der Waals surface area contributed by atoms with Crippen LogP contribution in [0.2, 0.25) is 15.8 Å². The molecule has 0 aromatic rings. The molecule has 0 saturated carbocycles. The lowest BCUT2D eigenvalue weighted by Crippen LogP contribution is -2.04. The van der Waals surface area contributed by atoms with E-state index >= 15 is 0 Å². The smallest absolute Gasteiger partial charge is 0.0967 e. The van der Waals surface area contributed by atoms with Crippen LogP contribution in [0, 0.1) is 0 Å². The van der Waals surface area contributed by atoms with E-state index in [1.54, 1.807) is 0 Å². The molecule has 2 aliphatic carbocycles. The minimum atomic E-state index is -0.171. The van der Waals surface area contributed by atoms with Crippen LogP contribution in [0.1, 0.15) is 33.6 Å². The van der Waals surface area contributed by atoms with Crippen LogP contribution in [0.4, 0.5) is 0 Å². The van der Waals surface area contributed by atoms with Crippen molar-refractivity contribution >= 4 is 14.1 Å². The summed E-state index contributed by atoms with van der Waals surface area (Å²) in [5.74, 6) is 0. The maximum absolute atomic E-state index is 2.32. The molecular weight excluding hydrogens is 219 g/mol. The second-order valence-corrected chi connectivity index (χ2v) is 8.46. The van der Waals surface area contributed by atoms with E-state index in [0.717, 1.165) is 12.8 Å². The van der Waals surface area contributed by atoms with Crippen LogP contribution in [0.5, 0.6) is 0 Å². The summed E-state index contributed by atoms with van der Waals surface area (Å²) in [5, 5.41) is 4.48. The number of rotatable bonds is 3. The zero-order valence-corrected chi connectivity index (χ0v) is 12.9. The van der Waals surface area contributed by atoms with Crippen LogP contribution in [-0.2, 0) is 0 Å². The summed E-state index contributed by atoms with van der Waals surface area (Å²) in [4.78, 5) is 0. The van der Waals surface area contributed by atoms with Gasteiger partial charge in [-0.15, -0.1) is 0 Å². The molecule has 0 bridgehead atoms. The highest BCUT2D eigenvalue weighted by atomic mass is 27.2. The highest BCUT2D eigenvalue weighted by molar-refractivity contribution is 6.58. The Balaban J connectivity index is 0.000000229. The summed E-state index contributed by atoms with van der Waals surface area (Å²) in [5.41, 5.74) is 0. The van der Waals surface area contributed by atoms with Crippen molar-refractivity contribution in [1.29, 1.82) is 0 Å². The number of hydrogen-bond acceptors (Lipinski definition) is 0. The van der Waals surface area contributed by atoms with Gasteiger partial charge in [-0.2, -0.15) is 0 Å². The van der Waals surface area contributed by atoms with Crippen molar-refractivity contribution in [2.75, 3.05) is 0 Å². The SMILES string of the molecule is C1=CCC=C1.C1=CCC=C1.C[CH2][Al]([CH2]C)[CH2]C. The van der Waals surface area contributed by atoms with Gasteiger partial charge in [0, 0.05) is 0 Å². The Kier molecular flexibility index (Phi) is 13.2. The fourth-order valence-electron chi connectivity index (χ4n) is 1.65. The van der Waals surface area contributed by atoms with Crippen molar-refractivity contribution in [2.45, 2.75) is 49.5 Å². The van der Waals surface area contributed by atoms with E-state index in [-0.39, 0.29) is 14.1 Å². The average Bonchev–Trinajstić information content (AvgIpc) is 3.10. The molecule has 0 nitrogen and oxygen atoms in total. The van der Waals surface area contributed by atoms with E-state index in [0.29, 0.717) is 0 Å². The van der Waals surface area contributed by atoms with Crippen molar-refractivity contribution in [1.82, 2.24) is 0 Å². The molecule has 0 fully saturated rings. The van der Waals surface area contributed by atoms with E-state index in [1.165, 1.54) is 15.8 Å². The molecule has 1 heteroatoms. The third-order valence-corrected chi connectivity index (χ3v) is 6.51. The molecule has 0 heterocycles. The largest absolute Gasteiger partial charge is 0.261 e. The first-order valence-electron chi connectivity index (χ1n) is 6.98. The second kappa shape index (κ2) is 13.6. The van der Waals surface area contributed by atoms with Gasteiger partial charge in [0.2, 0.25) is 0 Å². The van der Waals surface area contributed by atoms with Crippen LogP contribution in [0.15, 0.2) is 48.6 Å². The Hall–Kier alpha value is -0.508. The van der Waals surface area contributed by atoms with Crippen LogP contribution >= 0.6 is 0 Å². The highest BCUT2D eigenvalue weighted by Crippen LogP contribution is 2.01. The van der Waals surface area contributed by atoms with Gasteiger partial charge in [-0.25, -0.2) is 0 Å². The fourth-order valence-corrected chi connectivity index (χ4v) is 3.38. The first-order chi connectivity index (χ1) is 8.35. The van der Waals surface area contributed by atoms with E-state index in [2.05, 4.69) is 69.4 Å². The third kappa shape index (κ3) is 11.8. The van der Waals surface area contributed by atoms with Gasteiger partial charge in [0.05, 0.1) is 0 Å². The molecule has 0 radical (unpaired) electrons. The third-order valence-electron chi connectivity index (χ3n) is 3.04.